The van der Waals surface area contributed by atoms with Crippen LogP contribution >= 0.6 is 11.6 Å². The van der Waals surface area contributed by atoms with Crippen molar-refractivity contribution in [2.75, 3.05) is 6.54 Å². The number of amides is 1. The molecule has 0 bridgehead atoms. The summed E-state index contributed by atoms with van der Waals surface area (Å²) in [6, 6.07) is 13.5. The highest BCUT2D eigenvalue weighted by Gasteiger charge is 2.42. The average molecular weight is 491 g/mol. The van der Waals surface area contributed by atoms with Crippen molar-refractivity contribution in [3.63, 3.8) is 0 Å². The molecule has 3 aromatic rings. The van der Waals surface area contributed by atoms with Gasteiger partial charge >= 0.3 is 0 Å². The number of hydrogen-bond donors (Lipinski definition) is 2. The van der Waals surface area contributed by atoms with E-state index < -0.39 is 27.8 Å². The van der Waals surface area contributed by atoms with Gasteiger partial charge in [0, 0.05) is 17.1 Å². The summed E-state index contributed by atoms with van der Waals surface area (Å²) < 4.78 is 48.2. The van der Waals surface area contributed by atoms with Gasteiger partial charge in [0.1, 0.15) is 23.4 Å². The van der Waals surface area contributed by atoms with Crippen molar-refractivity contribution in [1.82, 2.24) is 9.79 Å². The zero-order chi connectivity index (χ0) is 23.8. The second kappa shape index (κ2) is 9.11. The first kappa shape index (κ1) is 23.2. The summed E-state index contributed by atoms with van der Waals surface area (Å²) in [6.45, 7) is 1.70. The zero-order valence-electron chi connectivity index (χ0n) is 17.5. The molecule has 0 fully saturated rings. The lowest BCUT2D eigenvalue weighted by Crippen LogP contribution is -2.47. The molecule has 1 atom stereocenters. The quantitative estimate of drug-likeness (QED) is 0.409. The van der Waals surface area contributed by atoms with Crippen molar-refractivity contribution >= 4 is 27.5 Å². The molecular formula is C23H20ClFN2O5S. The van der Waals surface area contributed by atoms with Crippen molar-refractivity contribution in [1.29, 1.82) is 0 Å². The van der Waals surface area contributed by atoms with Crippen LogP contribution in [0.25, 0.3) is 0 Å². The molecule has 0 saturated heterocycles. The number of aryl methyl sites for hydroxylation is 1. The number of hydroxylamine groups is 1. The van der Waals surface area contributed by atoms with E-state index in [-0.39, 0.29) is 23.4 Å². The Morgan fingerprint density at radius 2 is 1.70 bits per heavy atom. The maximum absolute atomic E-state index is 14.7. The minimum atomic E-state index is -4.21. The minimum absolute atomic E-state index is 0.0548. The SMILES string of the molecule is Cc1ccc(F)c2c1CCN(S(=O)(=O)c1ccc(Oc3ccc(Cl)cc3)cc1)C2C(=O)NO. The maximum atomic E-state index is 14.7. The molecule has 1 amide bonds. The summed E-state index contributed by atoms with van der Waals surface area (Å²) in [4.78, 5) is 12.4. The second-order valence-corrected chi connectivity index (χ2v) is 9.86. The van der Waals surface area contributed by atoms with Crippen molar-refractivity contribution in [2.24, 2.45) is 0 Å². The number of benzene rings is 3. The average Bonchev–Trinajstić information content (AvgIpc) is 2.82. The maximum Gasteiger partial charge on any atom is 0.266 e. The number of rotatable bonds is 5. The molecule has 0 radical (unpaired) electrons. The van der Waals surface area contributed by atoms with Crippen LogP contribution in [-0.4, -0.2) is 30.4 Å². The lowest BCUT2D eigenvalue weighted by atomic mass is 9.90. The highest BCUT2D eigenvalue weighted by molar-refractivity contribution is 7.89. The van der Waals surface area contributed by atoms with Crippen LogP contribution in [0.15, 0.2) is 65.6 Å². The van der Waals surface area contributed by atoms with Crippen LogP contribution in [0.2, 0.25) is 5.02 Å². The zero-order valence-corrected chi connectivity index (χ0v) is 19.0. The van der Waals surface area contributed by atoms with Gasteiger partial charge in [-0.25, -0.2) is 18.3 Å². The largest absolute Gasteiger partial charge is 0.457 e. The van der Waals surface area contributed by atoms with Crippen LogP contribution in [0.3, 0.4) is 0 Å². The number of nitrogens with zero attached hydrogens (tertiary/aromatic N) is 1. The van der Waals surface area contributed by atoms with Gasteiger partial charge in [-0.1, -0.05) is 17.7 Å². The number of carbonyl (C=O) groups excluding carboxylic acids is 1. The molecule has 1 unspecified atom stereocenters. The van der Waals surface area contributed by atoms with Crippen molar-refractivity contribution in [2.45, 2.75) is 24.3 Å². The number of hydrogen-bond acceptors (Lipinski definition) is 5. The fourth-order valence-corrected chi connectivity index (χ4v) is 5.59. The Balaban J connectivity index is 1.67. The number of fused-ring (bicyclic) bond motifs is 1. The van der Waals surface area contributed by atoms with E-state index in [4.69, 9.17) is 16.3 Å². The summed E-state index contributed by atoms with van der Waals surface area (Å²) in [7, 11) is -4.21. The molecule has 0 spiro atoms. The molecule has 1 aliphatic heterocycles. The topological polar surface area (TPSA) is 95.9 Å². The predicted octanol–water partition coefficient (Wildman–Crippen LogP) is 4.37. The number of sulfonamides is 1. The van der Waals surface area contributed by atoms with Gasteiger partial charge in [0.05, 0.1) is 4.90 Å². The fourth-order valence-electron chi connectivity index (χ4n) is 3.90. The summed E-state index contributed by atoms with van der Waals surface area (Å²) >= 11 is 5.86. The van der Waals surface area contributed by atoms with E-state index in [1.54, 1.807) is 37.3 Å². The number of carbonyl (C=O) groups is 1. The Labute approximate surface area is 195 Å². The van der Waals surface area contributed by atoms with E-state index in [1.807, 2.05) is 0 Å². The second-order valence-electron chi connectivity index (χ2n) is 7.53. The van der Waals surface area contributed by atoms with Crippen LogP contribution in [-0.2, 0) is 21.2 Å². The molecule has 0 aliphatic carbocycles. The molecule has 3 aromatic carbocycles. The lowest BCUT2D eigenvalue weighted by molar-refractivity contribution is -0.133. The van der Waals surface area contributed by atoms with Crippen molar-refractivity contribution < 1.29 is 27.5 Å². The Bertz CT molecular complexity index is 1300. The summed E-state index contributed by atoms with van der Waals surface area (Å²) in [5, 5.41) is 9.81. The molecule has 4 rings (SSSR count). The van der Waals surface area contributed by atoms with Gasteiger partial charge in [0.15, 0.2) is 0 Å². The predicted molar refractivity (Wildman–Crippen MR) is 119 cm³/mol. The molecular weight excluding hydrogens is 471 g/mol. The first-order valence-electron chi connectivity index (χ1n) is 9.99. The summed E-state index contributed by atoms with van der Waals surface area (Å²) in [6.07, 6.45) is 0.227. The van der Waals surface area contributed by atoms with Gasteiger partial charge in [-0.3, -0.25) is 10.0 Å². The standard InChI is InChI=1S/C23H20ClFN2O5S/c1-14-2-11-20(25)21-19(14)12-13-27(22(21)23(28)26-29)33(30,31)18-9-7-17(8-10-18)32-16-5-3-15(24)4-6-16/h2-11,22,29H,12-13H2,1H3,(H,26,28). The molecule has 33 heavy (non-hydrogen) atoms. The monoisotopic (exact) mass is 490 g/mol. The van der Waals surface area contributed by atoms with Gasteiger partial charge in [-0.2, -0.15) is 4.31 Å². The molecule has 7 nitrogen and oxygen atoms in total. The van der Waals surface area contributed by atoms with Gasteiger partial charge < -0.3 is 4.74 Å². The summed E-state index contributed by atoms with van der Waals surface area (Å²) in [5.41, 5.74) is 2.71. The third-order valence-corrected chi connectivity index (χ3v) is 7.65. The van der Waals surface area contributed by atoms with Crippen molar-refractivity contribution in [3.8, 4) is 11.5 Å². The molecule has 1 aliphatic rings. The third kappa shape index (κ3) is 4.45. The Morgan fingerprint density at radius 1 is 1.09 bits per heavy atom. The minimum Gasteiger partial charge on any atom is -0.457 e. The van der Waals surface area contributed by atoms with Crippen LogP contribution in [0.4, 0.5) is 4.39 Å². The van der Waals surface area contributed by atoms with Crippen LogP contribution in [0.5, 0.6) is 11.5 Å². The van der Waals surface area contributed by atoms with Gasteiger partial charge in [0.2, 0.25) is 10.0 Å². The van der Waals surface area contributed by atoms with Crippen LogP contribution < -0.4 is 10.2 Å². The van der Waals surface area contributed by atoms with E-state index in [0.29, 0.717) is 22.1 Å². The molecule has 172 valence electrons. The molecule has 0 saturated carbocycles. The first-order chi connectivity index (χ1) is 15.7. The normalized spacial score (nSPS) is 16.2. The molecule has 0 aromatic heterocycles. The lowest BCUT2D eigenvalue weighted by Gasteiger charge is -2.35. The van der Waals surface area contributed by atoms with E-state index in [9.17, 15) is 22.8 Å². The Kier molecular flexibility index (Phi) is 6.40. The van der Waals surface area contributed by atoms with Gasteiger partial charge in [0.25, 0.3) is 5.91 Å². The molecule has 2 N–H and O–H groups in total. The highest BCUT2D eigenvalue weighted by Crippen LogP contribution is 2.37. The number of halogens is 2. The van der Waals surface area contributed by atoms with Crippen LogP contribution in [0, 0.1) is 12.7 Å². The van der Waals surface area contributed by atoms with Crippen molar-refractivity contribution in [3.05, 3.63) is 88.2 Å². The first-order valence-corrected chi connectivity index (χ1v) is 11.8. The Hall–Kier alpha value is -2.98. The van der Waals surface area contributed by atoms with Crippen LogP contribution in [0.1, 0.15) is 22.7 Å². The smallest absolute Gasteiger partial charge is 0.266 e. The van der Waals surface area contributed by atoms with E-state index >= 15 is 0 Å². The van der Waals surface area contributed by atoms with Gasteiger partial charge in [-0.05, 0) is 79.1 Å². The van der Waals surface area contributed by atoms with E-state index in [1.165, 1.54) is 35.8 Å². The number of nitrogens with one attached hydrogen (secondary N) is 1. The third-order valence-electron chi connectivity index (χ3n) is 5.52. The molecule has 1 heterocycles. The number of ether oxygens (including phenoxy) is 1. The highest BCUT2D eigenvalue weighted by atomic mass is 35.5. The van der Waals surface area contributed by atoms with Gasteiger partial charge in [-0.15, -0.1) is 0 Å². The fraction of sp³-hybridized carbons (Fsp3) is 0.174. The van der Waals surface area contributed by atoms with E-state index in [2.05, 4.69) is 0 Å². The Morgan fingerprint density at radius 3 is 2.30 bits per heavy atom. The summed E-state index contributed by atoms with van der Waals surface area (Å²) in [5.74, 6) is -0.831. The van der Waals surface area contributed by atoms with E-state index in [0.717, 1.165) is 9.87 Å². The molecule has 10 heteroatoms.